The summed E-state index contributed by atoms with van der Waals surface area (Å²) in [7, 11) is 0. The van der Waals surface area contributed by atoms with Gasteiger partial charge in [0.05, 0.1) is 6.04 Å². The fourth-order valence-electron chi connectivity index (χ4n) is 2.64. The van der Waals surface area contributed by atoms with Gasteiger partial charge in [-0.25, -0.2) is 4.79 Å². The average Bonchev–Trinajstić information content (AvgIpc) is 2.60. The Balaban J connectivity index is 1.57. The highest BCUT2D eigenvalue weighted by molar-refractivity contribution is 5.74. The van der Waals surface area contributed by atoms with Gasteiger partial charge < -0.3 is 20.1 Å². The van der Waals surface area contributed by atoms with Gasteiger partial charge in [0.25, 0.3) is 0 Å². The first-order chi connectivity index (χ1) is 11.6. The van der Waals surface area contributed by atoms with E-state index in [9.17, 15) is 4.79 Å². The maximum Gasteiger partial charge on any atom is 0.315 e. The lowest BCUT2D eigenvalue weighted by Gasteiger charge is -2.21. The van der Waals surface area contributed by atoms with Crippen molar-refractivity contribution in [3.05, 3.63) is 59.2 Å². The van der Waals surface area contributed by atoms with Crippen LogP contribution in [-0.4, -0.2) is 19.2 Å². The number of hydrogen-bond acceptors (Lipinski definition) is 3. The standard InChI is InChI=1S/C19H22N2O3/c1-13-5-3-4-6-16(13)12-20-19(22)21-14(2)15-7-8-17-18(11-15)24-10-9-23-17/h3-8,11,14H,9-10,12H2,1-2H3,(H2,20,21,22)/t14-/m0/s1. The summed E-state index contributed by atoms with van der Waals surface area (Å²) < 4.78 is 11.1. The Morgan fingerprint density at radius 2 is 1.88 bits per heavy atom. The predicted molar refractivity (Wildman–Crippen MR) is 92.4 cm³/mol. The molecule has 1 atom stereocenters. The molecule has 5 nitrogen and oxygen atoms in total. The Morgan fingerprint density at radius 1 is 1.12 bits per heavy atom. The summed E-state index contributed by atoms with van der Waals surface area (Å²) in [6.07, 6.45) is 0. The Morgan fingerprint density at radius 3 is 2.67 bits per heavy atom. The van der Waals surface area contributed by atoms with Crippen molar-refractivity contribution in [1.29, 1.82) is 0 Å². The van der Waals surface area contributed by atoms with E-state index in [4.69, 9.17) is 9.47 Å². The zero-order valence-electron chi connectivity index (χ0n) is 14.0. The van der Waals surface area contributed by atoms with Crippen LogP contribution in [0.4, 0.5) is 4.79 Å². The van der Waals surface area contributed by atoms with Gasteiger partial charge in [-0.15, -0.1) is 0 Å². The van der Waals surface area contributed by atoms with Crippen molar-refractivity contribution in [1.82, 2.24) is 10.6 Å². The number of rotatable bonds is 4. The van der Waals surface area contributed by atoms with Gasteiger partial charge in [-0.1, -0.05) is 30.3 Å². The highest BCUT2D eigenvalue weighted by atomic mass is 16.6. The van der Waals surface area contributed by atoms with Gasteiger partial charge >= 0.3 is 6.03 Å². The number of carbonyl (C=O) groups is 1. The number of hydrogen-bond donors (Lipinski definition) is 2. The summed E-state index contributed by atoms with van der Waals surface area (Å²) in [5, 5.41) is 5.84. The number of urea groups is 1. The van der Waals surface area contributed by atoms with Gasteiger partial charge in [-0.3, -0.25) is 0 Å². The number of aryl methyl sites for hydroxylation is 1. The SMILES string of the molecule is Cc1ccccc1CNC(=O)N[C@@H](C)c1ccc2c(c1)OCCO2. The molecule has 0 fully saturated rings. The summed E-state index contributed by atoms with van der Waals surface area (Å²) >= 11 is 0. The van der Waals surface area contributed by atoms with Crippen LogP contribution in [0.3, 0.4) is 0 Å². The summed E-state index contributed by atoms with van der Waals surface area (Å²) in [6.45, 7) is 5.61. The fraction of sp³-hybridized carbons (Fsp3) is 0.316. The van der Waals surface area contributed by atoms with Crippen LogP contribution in [0.25, 0.3) is 0 Å². The minimum absolute atomic E-state index is 0.127. The van der Waals surface area contributed by atoms with Gasteiger partial charge in [-0.05, 0) is 42.7 Å². The van der Waals surface area contributed by atoms with E-state index in [1.165, 1.54) is 0 Å². The molecular weight excluding hydrogens is 304 g/mol. The van der Waals surface area contributed by atoms with Crippen LogP contribution >= 0.6 is 0 Å². The third kappa shape index (κ3) is 3.79. The van der Waals surface area contributed by atoms with Crippen molar-refractivity contribution in [3.63, 3.8) is 0 Å². The number of amides is 2. The van der Waals surface area contributed by atoms with Gasteiger partial charge in [0, 0.05) is 6.54 Å². The maximum atomic E-state index is 12.1. The predicted octanol–water partition coefficient (Wildman–Crippen LogP) is 3.33. The minimum Gasteiger partial charge on any atom is -0.486 e. The normalized spacial score (nSPS) is 13.9. The first-order valence-corrected chi connectivity index (χ1v) is 8.12. The largest absolute Gasteiger partial charge is 0.486 e. The van der Waals surface area contributed by atoms with Crippen molar-refractivity contribution < 1.29 is 14.3 Å². The first-order valence-electron chi connectivity index (χ1n) is 8.12. The molecule has 1 heterocycles. The molecule has 2 aromatic carbocycles. The quantitative estimate of drug-likeness (QED) is 0.906. The molecule has 126 valence electrons. The number of ether oxygens (including phenoxy) is 2. The topological polar surface area (TPSA) is 59.6 Å². The molecule has 0 saturated carbocycles. The molecule has 1 aliphatic heterocycles. The molecule has 5 heteroatoms. The van der Waals surface area contributed by atoms with Crippen LogP contribution in [-0.2, 0) is 6.54 Å². The van der Waals surface area contributed by atoms with E-state index in [0.717, 1.165) is 28.2 Å². The zero-order chi connectivity index (χ0) is 16.9. The van der Waals surface area contributed by atoms with E-state index >= 15 is 0 Å². The van der Waals surface area contributed by atoms with Crippen LogP contribution in [0, 0.1) is 6.92 Å². The molecule has 0 unspecified atom stereocenters. The molecule has 0 saturated heterocycles. The first kappa shape index (κ1) is 16.2. The van der Waals surface area contributed by atoms with E-state index in [-0.39, 0.29) is 12.1 Å². The van der Waals surface area contributed by atoms with E-state index in [2.05, 4.69) is 10.6 Å². The van der Waals surface area contributed by atoms with Gasteiger partial charge in [-0.2, -0.15) is 0 Å². The number of nitrogens with one attached hydrogen (secondary N) is 2. The minimum atomic E-state index is -0.194. The molecule has 2 N–H and O–H groups in total. The van der Waals surface area contributed by atoms with Gasteiger partial charge in [0.1, 0.15) is 13.2 Å². The Labute approximate surface area is 142 Å². The lowest BCUT2D eigenvalue weighted by molar-refractivity contribution is 0.171. The van der Waals surface area contributed by atoms with E-state index in [1.807, 2.05) is 56.3 Å². The molecule has 0 aromatic heterocycles. The van der Waals surface area contributed by atoms with Crippen LogP contribution in [0.2, 0.25) is 0 Å². The maximum absolute atomic E-state index is 12.1. The monoisotopic (exact) mass is 326 g/mol. The van der Waals surface area contributed by atoms with Gasteiger partial charge in [0.2, 0.25) is 0 Å². The third-order valence-corrected chi connectivity index (χ3v) is 4.11. The molecule has 2 aromatic rings. The molecule has 2 amide bonds. The van der Waals surface area contributed by atoms with E-state index in [0.29, 0.717) is 19.8 Å². The van der Waals surface area contributed by atoms with Crippen LogP contribution in [0.15, 0.2) is 42.5 Å². The number of benzene rings is 2. The lowest BCUT2D eigenvalue weighted by Crippen LogP contribution is -2.36. The second kappa shape index (κ2) is 7.25. The summed E-state index contributed by atoms with van der Waals surface area (Å²) in [5.74, 6) is 1.48. The molecule has 0 spiro atoms. The molecule has 24 heavy (non-hydrogen) atoms. The molecule has 0 radical (unpaired) electrons. The summed E-state index contributed by atoms with van der Waals surface area (Å²) in [6, 6.07) is 13.4. The Bertz CT molecular complexity index is 730. The average molecular weight is 326 g/mol. The smallest absolute Gasteiger partial charge is 0.315 e. The highest BCUT2D eigenvalue weighted by Crippen LogP contribution is 2.32. The van der Waals surface area contributed by atoms with Crippen molar-refractivity contribution >= 4 is 6.03 Å². The van der Waals surface area contributed by atoms with E-state index in [1.54, 1.807) is 0 Å². The van der Waals surface area contributed by atoms with Crippen molar-refractivity contribution in [2.45, 2.75) is 26.4 Å². The lowest BCUT2D eigenvalue weighted by atomic mass is 10.1. The van der Waals surface area contributed by atoms with Crippen molar-refractivity contribution in [3.8, 4) is 11.5 Å². The third-order valence-electron chi connectivity index (χ3n) is 4.11. The second-order valence-corrected chi connectivity index (χ2v) is 5.88. The molecule has 0 aliphatic carbocycles. The molecule has 1 aliphatic rings. The van der Waals surface area contributed by atoms with E-state index < -0.39 is 0 Å². The zero-order valence-corrected chi connectivity index (χ0v) is 14.0. The Kier molecular flexibility index (Phi) is 4.89. The number of carbonyl (C=O) groups excluding carboxylic acids is 1. The fourth-order valence-corrected chi connectivity index (χ4v) is 2.64. The van der Waals surface area contributed by atoms with Crippen LogP contribution in [0.5, 0.6) is 11.5 Å². The van der Waals surface area contributed by atoms with Crippen molar-refractivity contribution in [2.75, 3.05) is 13.2 Å². The van der Waals surface area contributed by atoms with Crippen LogP contribution < -0.4 is 20.1 Å². The summed E-state index contributed by atoms with van der Waals surface area (Å²) in [4.78, 5) is 12.1. The Hall–Kier alpha value is -2.69. The molecule has 0 bridgehead atoms. The second-order valence-electron chi connectivity index (χ2n) is 5.88. The number of fused-ring (bicyclic) bond motifs is 1. The molecule has 3 rings (SSSR count). The highest BCUT2D eigenvalue weighted by Gasteiger charge is 2.15. The van der Waals surface area contributed by atoms with Crippen molar-refractivity contribution in [2.24, 2.45) is 0 Å². The molecular formula is C19H22N2O3. The summed E-state index contributed by atoms with van der Waals surface area (Å²) in [5.41, 5.74) is 3.25. The van der Waals surface area contributed by atoms with Gasteiger partial charge in [0.15, 0.2) is 11.5 Å². The van der Waals surface area contributed by atoms with Crippen LogP contribution in [0.1, 0.15) is 29.7 Å².